The maximum Gasteiger partial charge on any atom is 0.260 e. The summed E-state index contributed by atoms with van der Waals surface area (Å²) in [6.07, 6.45) is 0. The van der Waals surface area contributed by atoms with Gasteiger partial charge in [0.2, 0.25) is 0 Å². The van der Waals surface area contributed by atoms with Gasteiger partial charge in [0.25, 0.3) is 5.91 Å². The van der Waals surface area contributed by atoms with Gasteiger partial charge in [-0.2, -0.15) is 0 Å². The number of hydrogen-bond donors (Lipinski definition) is 1. The summed E-state index contributed by atoms with van der Waals surface area (Å²) in [5.74, 6) is 0.724. The molecule has 1 heterocycles. The van der Waals surface area contributed by atoms with Crippen LogP contribution in [0.25, 0.3) is 10.2 Å². The summed E-state index contributed by atoms with van der Waals surface area (Å²) in [5, 5.41) is 0.704. The average Bonchev–Trinajstić information content (AvgIpc) is 3.13. The fourth-order valence-corrected chi connectivity index (χ4v) is 3.98. The topological polar surface area (TPSA) is 50.1 Å². The number of likely N-dealkylation sites (N-methyl/N-ethyl adjacent to an activating group) is 1. The van der Waals surface area contributed by atoms with E-state index >= 15 is 0 Å². The van der Waals surface area contributed by atoms with Crippen molar-refractivity contribution in [3.05, 3.63) is 48.0 Å². The molecule has 0 saturated carbocycles. The van der Waals surface area contributed by atoms with Crippen molar-refractivity contribution >= 4 is 38.3 Å². The zero-order chi connectivity index (χ0) is 21.0. The monoisotopic (exact) mass is 413 g/mol. The van der Waals surface area contributed by atoms with Gasteiger partial charge in [-0.3, -0.25) is 9.69 Å². The minimum absolute atomic E-state index is 0.0337. The fourth-order valence-electron chi connectivity index (χ4n) is 2.98. The van der Waals surface area contributed by atoms with Crippen molar-refractivity contribution in [1.82, 2.24) is 4.98 Å². The molecule has 0 saturated heterocycles. The third-order valence-electron chi connectivity index (χ3n) is 4.61. The van der Waals surface area contributed by atoms with Crippen LogP contribution in [0.4, 0.5) is 10.8 Å². The first-order valence-corrected chi connectivity index (χ1v) is 10.6. The lowest BCUT2D eigenvalue weighted by Gasteiger charge is -2.21. The first-order chi connectivity index (χ1) is 13.9. The van der Waals surface area contributed by atoms with E-state index in [0.29, 0.717) is 23.8 Å². The Hall–Kier alpha value is -2.64. The number of nitrogens with zero attached hydrogens (tertiary/aromatic N) is 3. The Bertz CT molecular complexity index is 967. The molecule has 0 aliphatic rings. The molecule has 0 aliphatic heterocycles. The lowest BCUT2D eigenvalue weighted by molar-refractivity contribution is -0.856. The Kier molecular flexibility index (Phi) is 6.71. The number of ether oxygens (including phenoxy) is 1. The third-order valence-corrected chi connectivity index (χ3v) is 5.66. The van der Waals surface area contributed by atoms with Crippen molar-refractivity contribution in [2.75, 3.05) is 57.7 Å². The van der Waals surface area contributed by atoms with Crippen molar-refractivity contribution in [2.24, 2.45) is 0 Å². The van der Waals surface area contributed by atoms with E-state index in [1.165, 1.54) is 16.2 Å². The predicted molar refractivity (Wildman–Crippen MR) is 121 cm³/mol. The number of rotatable bonds is 8. The quantitative estimate of drug-likeness (QED) is 0.617. The van der Waals surface area contributed by atoms with Gasteiger partial charge in [0.15, 0.2) is 5.13 Å². The first kappa shape index (κ1) is 21.1. The summed E-state index contributed by atoms with van der Waals surface area (Å²) in [6, 6.07) is 13.6. The number of fused-ring (bicyclic) bond motifs is 1. The molecule has 0 atom stereocenters. The second kappa shape index (κ2) is 9.24. The van der Waals surface area contributed by atoms with Gasteiger partial charge >= 0.3 is 0 Å². The molecule has 2 aromatic carbocycles. The molecule has 0 radical (unpaired) electrons. The van der Waals surface area contributed by atoms with Crippen LogP contribution in [0.3, 0.4) is 0 Å². The molecule has 3 aromatic rings. The van der Waals surface area contributed by atoms with Crippen LogP contribution < -0.4 is 19.4 Å². The van der Waals surface area contributed by atoms with Gasteiger partial charge in [0.05, 0.1) is 38.5 Å². The summed E-state index contributed by atoms with van der Waals surface area (Å²) < 4.78 is 6.74. The first-order valence-electron chi connectivity index (χ1n) is 9.81. The summed E-state index contributed by atoms with van der Waals surface area (Å²) in [4.78, 5) is 23.2. The second-order valence-electron chi connectivity index (χ2n) is 7.39. The molecule has 6 nitrogen and oxygen atoms in total. The summed E-state index contributed by atoms with van der Waals surface area (Å²) >= 11 is 1.52. The van der Waals surface area contributed by atoms with Gasteiger partial charge in [-0.1, -0.05) is 17.4 Å². The maximum absolute atomic E-state index is 13.4. The standard InChI is InChI=1S/C22H28N4O2S/c1-6-28-18-8-7-9-19-20(18)23-22(29-19)26(15-14-24(2)3)21(27)16-10-12-17(13-11-16)25(4)5/h7-13H,6,14-15H2,1-5H3/p+1. The van der Waals surface area contributed by atoms with Gasteiger partial charge in [0.1, 0.15) is 11.3 Å². The number of amides is 1. The molecule has 0 fully saturated rings. The van der Waals surface area contributed by atoms with Crippen LogP contribution in [0, 0.1) is 0 Å². The highest BCUT2D eigenvalue weighted by atomic mass is 32.1. The Labute approximate surface area is 176 Å². The Balaban J connectivity index is 1.97. The van der Waals surface area contributed by atoms with Crippen molar-refractivity contribution in [2.45, 2.75) is 6.92 Å². The molecule has 1 N–H and O–H groups in total. The van der Waals surface area contributed by atoms with Crippen molar-refractivity contribution in [1.29, 1.82) is 0 Å². The van der Waals surface area contributed by atoms with Crippen LogP contribution in [0.5, 0.6) is 5.75 Å². The molecule has 29 heavy (non-hydrogen) atoms. The summed E-state index contributed by atoms with van der Waals surface area (Å²) in [7, 11) is 8.14. The second-order valence-corrected chi connectivity index (χ2v) is 8.40. The average molecular weight is 414 g/mol. The van der Waals surface area contributed by atoms with E-state index in [1.807, 2.05) is 68.4 Å². The van der Waals surface area contributed by atoms with E-state index in [2.05, 4.69) is 14.1 Å². The minimum atomic E-state index is -0.0337. The molecule has 0 bridgehead atoms. The SMILES string of the molecule is CCOc1cccc2sc(N(CC[NH+](C)C)C(=O)c3ccc(N(C)C)cc3)nc12. The van der Waals surface area contributed by atoms with Crippen molar-refractivity contribution in [3.63, 3.8) is 0 Å². The maximum atomic E-state index is 13.4. The summed E-state index contributed by atoms with van der Waals surface area (Å²) in [6.45, 7) is 3.96. The van der Waals surface area contributed by atoms with Crippen LogP contribution in [0.1, 0.15) is 17.3 Å². The number of thiazole rings is 1. The lowest BCUT2D eigenvalue weighted by atomic mass is 10.1. The third kappa shape index (κ3) is 4.86. The number of benzene rings is 2. The number of carbonyl (C=O) groups excluding carboxylic acids is 1. The number of anilines is 2. The van der Waals surface area contributed by atoms with E-state index in [0.717, 1.165) is 28.2 Å². The van der Waals surface area contributed by atoms with Crippen molar-refractivity contribution in [3.8, 4) is 5.75 Å². The Morgan fingerprint density at radius 1 is 1.14 bits per heavy atom. The Morgan fingerprint density at radius 3 is 2.48 bits per heavy atom. The number of quaternary nitrogens is 1. The highest BCUT2D eigenvalue weighted by molar-refractivity contribution is 7.22. The van der Waals surface area contributed by atoms with E-state index in [-0.39, 0.29) is 5.91 Å². The molecular formula is C22H29N4O2S+. The van der Waals surface area contributed by atoms with Crippen LogP contribution in [-0.2, 0) is 0 Å². The zero-order valence-corrected chi connectivity index (χ0v) is 18.5. The van der Waals surface area contributed by atoms with Gasteiger partial charge in [-0.25, -0.2) is 4.98 Å². The number of nitrogens with one attached hydrogen (secondary N) is 1. The van der Waals surface area contributed by atoms with E-state index in [4.69, 9.17) is 9.72 Å². The minimum Gasteiger partial charge on any atom is -0.492 e. The van der Waals surface area contributed by atoms with Gasteiger partial charge in [0, 0.05) is 25.3 Å². The molecule has 7 heteroatoms. The number of hydrogen-bond acceptors (Lipinski definition) is 5. The van der Waals surface area contributed by atoms with Gasteiger partial charge < -0.3 is 14.5 Å². The number of aromatic nitrogens is 1. The molecule has 0 unspecified atom stereocenters. The van der Waals surface area contributed by atoms with Crippen molar-refractivity contribution < 1.29 is 14.4 Å². The van der Waals surface area contributed by atoms with Gasteiger partial charge in [-0.15, -0.1) is 0 Å². The number of para-hydroxylation sites is 1. The van der Waals surface area contributed by atoms with Gasteiger partial charge in [-0.05, 0) is 43.3 Å². The number of carbonyl (C=O) groups is 1. The molecule has 1 aromatic heterocycles. The fraction of sp³-hybridized carbons (Fsp3) is 0.364. The van der Waals surface area contributed by atoms with E-state index in [9.17, 15) is 4.79 Å². The van der Waals surface area contributed by atoms with Crippen LogP contribution in [-0.4, -0.2) is 58.8 Å². The normalized spacial score (nSPS) is 11.1. The lowest BCUT2D eigenvalue weighted by Crippen LogP contribution is -3.06. The summed E-state index contributed by atoms with van der Waals surface area (Å²) in [5.41, 5.74) is 2.54. The molecule has 1 amide bonds. The largest absolute Gasteiger partial charge is 0.492 e. The van der Waals surface area contributed by atoms with E-state index in [1.54, 1.807) is 4.90 Å². The predicted octanol–water partition coefficient (Wildman–Crippen LogP) is 2.55. The molecule has 154 valence electrons. The highest BCUT2D eigenvalue weighted by Gasteiger charge is 2.23. The van der Waals surface area contributed by atoms with Crippen LogP contribution >= 0.6 is 11.3 Å². The highest BCUT2D eigenvalue weighted by Crippen LogP contribution is 2.34. The zero-order valence-electron chi connectivity index (χ0n) is 17.7. The molecule has 3 rings (SSSR count). The smallest absolute Gasteiger partial charge is 0.260 e. The molecular weight excluding hydrogens is 384 g/mol. The molecule has 0 spiro atoms. The van der Waals surface area contributed by atoms with Crippen LogP contribution in [0.15, 0.2) is 42.5 Å². The molecule has 0 aliphatic carbocycles. The van der Waals surface area contributed by atoms with Crippen LogP contribution in [0.2, 0.25) is 0 Å². The van der Waals surface area contributed by atoms with E-state index < -0.39 is 0 Å². The Morgan fingerprint density at radius 2 is 1.86 bits per heavy atom.